The van der Waals surface area contributed by atoms with E-state index in [1.165, 1.54) is 6.92 Å². The average molecular weight is 340 g/mol. The molecule has 5 nitrogen and oxygen atoms in total. The molecule has 0 aliphatic heterocycles. The van der Waals surface area contributed by atoms with E-state index in [4.69, 9.17) is 14.0 Å². The molecule has 1 aromatic heterocycles. The van der Waals surface area contributed by atoms with Gasteiger partial charge >= 0.3 is 0 Å². The molecule has 0 aliphatic carbocycles. The Hall–Kier alpha value is -1.66. The molecule has 0 amide bonds. The summed E-state index contributed by atoms with van der Waals surface area (Å²) in [6, 6.07) is 7.06. The predicted molar refractivity (Wildman–Crippen MR) is 75.7 cm³/mol. The molecule has 0 unspecified atom stereocenters. The van der Waals surface area contributed by atoms with Crippen molar-refractivity contribution in [2.45, 2.75) is 20.1 Å². The zero-order valence-corrected chi connectivity index (χ0v) is 12.8. The van der Waals surface area contributed by atoms with E-state index in [0.29, 0.717) is 29.4 Å². The van der Waals surface area contributed by atoms with Crippen LogP contribution in [-0.2, 0) is 18.0 Å². The molecule has 106 valence electrons. The number of hydrogen-bond acceptors (Lipinski definition) is 5. The predicted octanol–water partition coefficient (Wildman–Crippen LogP) is 3.37. The number of aromatic nitrogens is 1. The highest BCUT2D eigenvalue weighted by atomic mass is 79.9. The highest BCUT2D eigenvalue weighted by molar-refractivity contribution is 9.10. The summed E-state index contributed by atoms with van der Waals surface area (Å²) < 4.78 is 16.5. The summed E-state index contributed by atoms with van der Waals surface area (Å²) in [5.74, 6) is 1.10. The Morgan fingerprint density at radius 2 is 2.15 bits per heavy atom. The van der Waals surface area contributed by atoms with Gasteiger partial charge in [0.1, 0.15) is 24.7 Å². The molecule has 0 radical (unpaired) electrons. The third-order valence-corrected chi connectivity index (χ3v) is 3.08. The van der Waals surface area contributed by atoms with E-state index in [-0.39, 0.29) is 12.4 Å². The van der Waals surface area contributed by atoms with Crippen molar-refractivity contribution < 1.29 is 18.8 Å². The molecule has 0 aliphatic rings. The number of hydrogen-bond donors (Lipinski definition) is 0. The Kier molecular flexibility index (Phi) is 4.92. The topological polar surface area (TPSA) is 61.6 Å². The minimum Gasteiger partial charge on any atom is -0.486 e. The quantitative estimate of drug-likeness (QED) is 0.755. The fourth-order valence-electron chi connectivity index (χ4n) is 1.69. The molecule has 2 aromatic rings. The van der Waals surface area contributed by atoms with Gasteiger partial charge in [-0.3, -0.25) is 4.79 Å². The zero-order valence-electron chi connectivity index (χ0n) is 11.2. The molecule has 1 aromatic carbocycles. The number of nitrogens with zero attached hydrogens (tertiary/aromatic N) is 1. The SMILES string of the molecule is COCc1cc(COc2ccc(Br)cc2C(C)=O)no1. The lowest BCUT2D eigenvalue weighted by Crippen LogP contribution is -2.01. The standard InChI is InChI=1S/C14H14BrNO4/c1-9(17)13-5-10(15)3-4-14(13)19-7-11-6-12(8-18-2)20-16-11/h3-6H,7-8H2,1-2H3. The van der Waals surface area contributed by atoms with Crippen LogP contribution in [0.3, 0.4) is 0 Å². The van der Waals surface area contributed by atoms with Gasteiger partial charge < -0.3 is 14.0 Å². The first-order valence-corrected chi connectivity index (χ1v) is 6.76. The van der Waals surface area contributed by atoms with E-state index in [2.05, 4.69) is 21.1 Å². The number of methoxy groups -OCH3 is 1. The number of benzene rings is 1. The van der Waals surface area contributed by atoms with E-state index in [0.717, 1.165) is 4.47 Å². The summed E-state index contributed by atoms with van der Waals surface area (Å²) in [4.78, 5) is 11.6. The van der Waals surface area contributed by atoms with E-state index in [9.17, 15) is 4.79 Å². The second-order valence-electron chi connectivity index (χ2n) is 4.20. The van der Waals surface area contributed by atoms with Crippen molar-refractivity contribution in [1.29, 1.82) is 0 Å². The van der Waals surface area contributed by atoms with Gasteiger partial charge in [-0.1, -0.05) is 21.1 Å². The highest BCUT2D eigenvalue weighted by Crippen LogP contribution is 2.24. The van der Waals surface area contributed by atoms with Gasteiger partial charge in [-0.25, -0.2) is 0 Å². The zero-order chi connectivity index (χ0) is 14.5. The van der Waals surface area contributed by atoms with Crippen molar-refractivity contribution in [2.24, 2.45) is 0 Å². The molecule has 2 rings (SSSR count). The van der Waals surface area contributed by atoms with Crippen molar-refractivity contribution >= 4 is 21.7 Å². The van der Waals surface area contributed by atoms with E-state index in [1.807, 2.05) is 6.07 Å². The lowest BCUT2D eigenvalue weighted by atomic mass is 10.1. The summed E-state index contributed by atoms with van der Waals surface area (Å²) in [6.45, 7) is 2.10. The lowest BCUT2D eigenvalue weighted by Gasteiger charge is -2.08. The normalized spacial score (nSPS) is 10.6. The lowest BCUT2D eigenvalue weighted by molar-refractivity contribution is 0.101. The van der Waals surface area contributed by atoms with Crippen LogP contribution in [-0.4, -0.2) is 18.0 Å². The molecule has 0 fully saturated rings. The van der Waals surface area contributed by atoms with Crippen LogP contribution in [0.4, 0.5) is 0 Å². The van der Waals surface area contributed by atoms with Gasteiger partial charge in [0, 0.05) is 17.6 Å². The van der Waals surface area contributed by atoms with Gasteiger partial charge in [0.15, 0.2) is 11.5 Å². The molecule has 0 N–H and O–H groups in total. The highest BCUT2D eigenvalue weighted by Gasteiger charge is 2.11. The van der Waals surface area contributed by atoms with Crippen LogP contribution in [0.1, 0.15) is 28.7 Å². The van der Waals surface area contributed by atoms with Gasteiger partial charge in [-0.2, -0.15) is 0 Å². The Balaban J connectivity index is 2.08. The fourth-order valence-corrected chi connectivity index (χ4v) is 2.05. The molecule has 20 heavy (non-hydrogen) atoms. The molecule has 6 heteroatoms. The molecule has 0 saturated carbocycles. The Labute approximate surface area is 125 Å². The number of carbonyl (C=O) groups excluding carboxylic acids is 1. The molecule has 0 atom stereocenters. The van der Waals surface area contributed by atoms with Crippen LogP contribution >= 0.6 is 15.9 Å². The van der Waals surface area contributed by atoms with Crippen LogP contribution in [0.5, 0.6) is 5.75 Å². The molecule has 0 saturated heterocycles. The summed E-state index contributed by atoms with van der Waals surface area (Å²) in [5.41, 5.74) is 1.18. The molecule has 0 spiro atoms. The first-order chi connectivity index (χ1) is 9.60. The summed E-state index contributed by atoms with van der Waals surface area (Å²) in [5, 5.41) is 3.87. The Morgan fingerprint density at radius 3 is 2.85 bits per heavy atom. The number of ketones is 1. The van der Waals surface area contributed by atoms with E-state index in [1.54, 1.807) is 25.3 Å². The number of Topliss-reactive ketones (excluding diaryl/α,β-unsaturated/α-hetero) is 1. The van der Waals surface area contributed by atoms with Crippen molar-refractivity contribution in [3.8, 4) is 5.75 Å². The maximum Gasteiger partial charge on any atom is 0.163 e. The third kappa shape index (κ3) is 3.68. The number of rotatable bonds is 6. The minimum absolute atomic E-state index is 0.0541. The van der Waals surface area contributed by atoms with Crippen molar-refractivity contribution in [1.82, 2.24) is 5.16 Å². The molecular weight excluding hydrogens is 326 g/mol. The maximum absolute atomic E-state index is 11.6. The van der Waals surface area contributed by atoms with Gasteiger partial charge in [-0.15, -0.1) is 0 Å². The Morgan fingerprint density at radius 1 is 1.35 bits per heavy atom. The van der Waals surface area contributed by atoms with Crippen LogP contribution in [0.15, 0.2) is 33.3 Å². The van der Waals surface area contributed by atoms with Crippen LogP contribution in [0, 0.1) is 0 Å². The smallest absolute Gasteiger partial charge is 0.163 e. The number of halogens is 1. The van der Waals surface area contributed by atoms with Crippen molar-refractivity contribution in [3.05, 3.63) is 45.8 Å². The fraction of sp³-hybridized carbons (Fsp3) is 0.286. The van der Waals surface area contributed by atoms with Crippen LogP contribution in [0.25, 0.3) is 0 Å². The summed E-state index contributed by atoms with van der Waals surface area (Å²) >= 11 is 3.33. The van der Waals surface area contributed by atoms with Crippen LogP contribution < -0.4 is 4.74 Å². The number of carbonyl (C=O) groups is 1. The largest absolute Gasteiger partial charge is 0.486 e. The minimum atomic E-state index is -0.0541. The van der Waals surface area contributed by atoms with Crippen molar-refractivity contribution in [2.75, 3.05) is 7.11 Å². The first-order valence-electron chi connectivity index (χ1n) is 5.97. The van der Waals surface area contributed by atoms with E-state index >= 15 is 0 Å². The molecule has 0 bridgehead atoms. The second kappa shape index (κ2) is 6.67. The average Bonchev–Trinajstić information content (AvgIpc) is 2.85. The van der Waals surface area contributed by atoms with Gasteiger partial charge in [0.25, 0.3) is 0 Å². The Bertz CT molecular complexity index is 609. The third-order valence-electron chi connectivity index (χ3n) is 2.59. The molecular formula is C14H14BrNO4. The van der Waals surface area contributed by atoms with Gasteiger partial charge in [-0.05, 0) is 25.1 Å². The van der Waals surface area contributed by atoms with Crippen molar-refractivity contribution in [3.63, 3.8) is 0 Å². The van der Waals surface area contributed by atoms with Gasteiger partial charge in [0.2, 0.25) is 0 Å². The molecule has 1 heterocycles. The summed E-state index contributed by atoms with van der Waals surface area (Å²) in [6.07, 6.45) is 0. The first kappa shape index (κ1) is 14.7. The van der Waals surface area contributed by atoms with Gasteiger partial charge in [0.05, 0.1) is 5.56 Å². The van der Waals surface area contributed by atoms with E-state index < -0.39 is 0 Å². The maximum atomic E-state index is 11.6. The number of ether oxygens (including phenoxy) is 2. The monoisotopic (exact) mass is 339 g/mol. The van der Waals surface area contributed by atoms with Crippen LogP contribution in [0.2, 0.25) is 0 Å². The summed E-state index contributed by atoms with van der Waals surface area (Å²) in [7, 11) is 1.58. The second-order valence-corrected chi connectivity index (χ2v) is 5.12.